The Morgan fingerprint density at radius 3 is 2.85 bits per heavy atom. The van der Waals surface area contributed by atoms with E-state index in [0.717, 1.165) is 42.3 Å². The predicted molar refractivity (Wildman–Crippen MR) is 82.1 cm³/mol. The maximum atomic E-state index is 6.33. The molecule has 0 aliphatic rings. The van der Waals surface area contributed by atoms with Crippen LogP contribution in [0.4, 0.5) is 0 Å². The molecular weight excluding hydrogens is 272 g/mol. The van der Waals surface area contributed by atoms with Gasteiger partial charge in [0.1, 0.15) is 12.2 Å². The van der Waals surface area contributed by atoms with Crippen molar-refractivity contribution < 1.29 is 0 Å². The van der Waals surface area contributed by atoms with Crippen molar-refractivity contribution in [1.82, 2.24) is 20.1 Å². The van der Waals surface area contributed by atoms with Crippen molar-refractivity contribution in [2.24, 2.45) is 0 Å². The summed E-state index contributed by atoms with van der Waals surface area (Å²) in [6.07, 6.45) is 3.53. The SMILES string of the molecule is CCCn1ncnc1CC(CNC)c1ccccc1Cl. The largest absolute Gasteiger partial charge is 0.319 e. The third-order valence-corrected chi connectivity index (χ3v) is 3.70. The summed E-state index contributed by atoms with van der Waals surface area (Å²) in [5.41, 5.74) is 1.16. The predicted octanol–water partition coefficient (Wildman–Crippen LogP) is 2.89. The van der Waals surface area contributed by atoms with Crippen molar-refractivity contribution in [3.05, 3.63) is 47.0 Å². The summed E-state index contributed by atoms with van der Waals surface area (Å²) in [5.74, 6) is 1.32. The number of hydrogen-bond acceptors (Lipinski definition) is 3. The van der Waals surface area contributed by atoms with Crippen molar-refractivity contribution in [2.45, 2.75) is 32.2 Å². The van der Waals surface area contributed by atoms with Gasteiger partial charge in [0, 0.05) is 30.5 Å². The van der Waals surface area contributed by atoms with Crippen LogP contribution in [0.15, 0.2) is 30.6 Å². The molecule has 0 spiro atoms. The van der Waals surface area contributed by atoms with Crippen LogP contribution in [-0.2, 0) is 13.0 Å². The van der Waals surface area contributed by atoms with E-state index in [4.69, 9.17) is 11.6 Å². The maximum Gasteiger partial charge on any atom is 0.138 e. The van der Waals surface area contributed by atoms with Gasteiger partial charge in [-0.3, -0.25) is 4.68 Å². The monoisotopic (exact) mass is 292 g/mol. The molecule has 0 amide bonds. The molecule has 0 fully saturated rings. The lowest BCUT2D eigenvalue weighted by Gasteiger charge is -2.18. The van der Waals surface area contributed by atoms with Gasteiger partial charge in [0.25, 0.3) is 0 Å². The number of halogens is 1. The van der Waals surface area contributed by atoms with Crippen LogP contribution >= 0.6 is 11.6 Å². The van der Waals surface area contributed by atoms with E-state index in [1.54, 1.807) is 6.33 Å². The van der Waals surface area contributed by atoms with Gasteiger partial charge in [-0.2, -0.15) is 5.10 Å². The number of rotatable bonds is 7. The minimum absolute atomic E-state index is 0.300. The molecule has 108 valence electrons. The fourth-order valence-corrected chi connectivity index (χ4v) is 2.70. The summed E-state index contributed by atoms with van der Waals surface area (Å²) in [6, 6.07) is 8.02. The van der Waals surface area contributed by atoms with Crippen molar-refractivity contribution >= 4 is 11.6 Å². The molecule has 2 aromatic rings. The molecule has 0 saturated carbocycles. The van der Waals surface area contributed by atoms with E-state index >= 15 is 0 Å². The molecule has 1 aromatic heterocycles. The van der Waals surface area contributed by atoms with Crippen LogP contribution in [0.5, 0.6) is 0 Å². The van der Waals surface area contributed by atoms with Crippen LogP contribution in [0.3, 0.4) is 0 Å². The summed E-state index contributed by atoms with van der Waals surface area (Å²) in [5, 5.41) is 8.34. The lowest BCUT2D eigenvalue weighted by molar-refractivity contribution is 0.534. The molecule has 4 nitrogen and oxygen atoms in total. The first-order chi connectivity index (χ1) is 9.76. The summed E-state index contributed by atoms with van der Waals surface area (Å²) in [4.78, 5) is 4.39. The van der Waals surface area contributed by atoms with Crippen LogP contribution < -0.4 is 5.32 Å². The Balaban J connectivity index is 2.21. The Bertz CT molecular complexity index is 538. The highest BCUT2D eigenvalue weighted by Gasteiger charge is 2.17. The van der Waals surface area contributed by atoms with Crippen molar-refractivity contribution in [3.8, 4) is 0 Å². The van der Waals surface area contributed by atoms with Crippen molar-refractivity contribution in [3.63, 3.8) is 0 Å². The van der Waals surface area contributed by atoms with Gasteiger partial charge in [0.05, 0.1) is 0 Å². The molecule has 1 atom stereocenters. The molecule has 5 heteroatoms. The minimum Gasteiger partial charge on any atom is -0.319 e. The molecule has 0 bridgehead atoms. The zero-order valence-corrected chi connectivity index (χ0v) is 12.8. The van der Waals surface area contributed by atoms with Crippen molar-refractivity contribution in [2.75, 3.05) is 13.6 Å². The van der Waals surface area contributed by atoms with Gasteiger partial charge in [-0.15, -0.1) is 0 Å². The standard InChI is InChI=1S/C15H21ClN4/c1-3-8-20-15(18-11-19-20)9-12(10-17-2)13-6-4-5-7-14(13)16/h4-7,11-12,17H,3,8-10H2,1-2H3. The molecule has 0 aliphatic heterocycles. The van der Waals surface area contributed by atoms with E-state index in [2.05, 4.69) is 28.4 Å². The fourth-order valence-electron chi connectivity index (χ4n) is 2.41. The van der Waals surface area contributed by atoms with Crippen LogP contribution in [0.1, 0.15) is 30.7 Å². The summed E-state index contributed by atoms with van der Waals surface area (Å²) < 4.78 is 1.99. The normalized spacial score (nSPS) is 12.6. The van der Waals surface area contributed by atoms with E-state index in [1.165, 1.54) is 0 Å². The zero-order valence-electron chi connectivity index (χ0n) is 12.0. The summed E-state index contributed by atoms with van der Waals surface area (Å²) in [6.45, 7) is 3.91. The van der Waals surface area contributed by atoms with E-state index in [1.807, 2.05) is 29.9 Å². The Morgan fingerprint density at radius 1 is 1.35 bits per heavy atom. The van der Waals surface area contributed by atoms with Gasteiger partial charge < -0.3 is 5.32 Å². The summed E-state index contributed by atoms with van der Waals surface area (Å²) in [7, 11) is 1.96. The lowest BCUT2D eigenvalue weighted by Crippen LogP contribution is -2.21. The van der Waals surface area contributed by atoms with Gasteiger partial charge in [0.2, 0.25) is 0 Å². The van der Waals surface area contributed by atoms with Crippen LogP contribution in [0, 0.1) is 0 Å². The van der Waals surface area contributed by atoms with Crippen LogP contribution in [0.2, 0.25) is 5.02 Å². The Hall–Kier alpha value is -1.39. The topological polar surface area (TPSA) is 42.7 Å². The quantitative estimate of drug-likeness (QED) is 0.853. The molecular formula is C15H21ClN4. The highest BCUT2D eigenvalue weighted by Crippen LogP contribution is 2.26. The first-order valence-corrected chi connectivity index (χ1v) is 7.39. The molecule has 0 saturated heterocycles. The molecule has 1 unspecified atom stereocenters. The highest BCUT2D eigenvalue weighted by atomic mass is 35.5. The van der Waals surface area contributed by atoms with E-state index in [-0.39, 0.29) is 0 Å². The average molecular weight is 293 g/mol. The average Bonchev–Trinajstić information content (AvgIpc) is 2.87. The molecule has 1 N–H and O–H groups in total. The minimum atomic E-state index is 0.300. The Morgan fingerprint density at radius 2 is 2.15 bits per heavy atom. The summed E-state index contributed by atoms with van der Waals surface area (Å²) >= 11 is 6.33. The van der Waals surface area contributed by atoms with Gasteiger partial charge >= 0.3 is 0 Å². The molecule has 20 heavy (non-hydrogen) atoms. The molecule has 0 aliphatic carbocycles. The molecule has 0 radical (unpaired) electrons. The van der Waals surface area contributed by atoms with Gasteiger partial charge in [-0.25, -0.2) is 4.98 Å². The van der Waals surface area contributed by atoms with E-state index in [9.17, 15) is 0 Å². The fraction of sp³-hybridized carbons (Fsp3) is 0.467. The van der Waals surface area contributed by atoms with Crippen molar-refractivity contribution in [1.29, 1.82) is 0 Å². The number of nitrogens with one attached hydrogen (secondary N) is 1. The molecule has 2 rings (SSSR count). The third kappa shape index (κ3) is 3.58. The number of likely N-dealkylation sites (N-methyl/N-ethyl adjacent to an activating group) is 1. The third-order valence-electron chi connectivity index (χ3n) is 3.36. The first-order valence-electron chi connectivity index (χ1n) is 7.02. The smallest absolute Gasteiger partial charge is 0.138 e. The second-order valence-electron chi connectivity index (χ2n) is 4.88. The van der Waals surface area contributed by atoms with Gasteiger partial charge in [-0.05, 0) is 25.1 Å². The zero-order chi connectivity index (χ0) is 14.4. The number of benzene rings is 1. The van der Waals surface area contributed by atoms with Gasteiger partial charge in [0.15, 0.2) is 0 Å². The van der Waals surface area contributed by atoms with Crippen LogP contribution in [0.25, 0.3) is 0 Å². The number of hydrogen-bond donors (Lipinski definition) is 1. The second-order valence-corrected chi connectivity index (χ2v) is 5.29. The molecule has 1 heterocycles. The number of aromatic nitrogens is 3. The molecule has 1 aromatic carbocycles. The van der Waals surface area contributed by atoms with E-state index < -0.39 is 0 Å². The Kier molecular flexibility index (Phi) is 5.56. The van der Waals surface area contributed by atoms with Crippen LogP contribution in [-0.4, -0.2) is 28.4 Å². The number of aryl methyl sites for hydroxylation is 1. The highest BCUT2D eigenvalue weighted by molar-refractivity contribution is 6.31. The maximum absolute atomic E-state index is 6.33. The second kappa shape index (κ2) is 7.41. The number of nitrogens with zero attached hydrogens (tertiary/aromatic N) is 3. The lowest BCUT2D eigenvalue weighted by atomic mass is 9.95. The Labute approximate surface area is 125 Å². The van der Waals surface area contributed by atoms with E-state index in [0.29, 0.717) is 5.92 Å². The first kappa shape index (κ1) is 15.0. The van der Waals surface area contributed by atoms with Gasteiger partial charge in [-0.1, -0.05) is 36.7 Å².